The van der Waals surface area contributed by atoms with Crippen molar-refractivity contribution in [3.63, 3.8) is 0 Å². The second-order valence-electron chi connectivity index (χ2n) is 6.93. The Morgan fingerprint density at radius 1 is 1.11 bits per heavy atom. The Bertz CT molecular complexity index is 957. The maximum absolute atomic E-state index is 13.4. The number of anilines is 1. The molecule has 3 aromatic rings. The van der Waals surface area contributed by atoms with Crippen LogP contribution in [0.15, 0.2) is 61.2 Å². The third-order valence-electron chi connectivity index (χ3n) is 5.04. The summed E-state index contributed by atoms with van der Waals surface area (Å²) in [4.78, 5) is 18.4. The number of amides is 1. The lowest BCUT2D eigenvalue weighted by atomic mass is 10.1. The van der Waals surface area contributed by atoms with E-state index in [1.807, 2.05) is 27.8 Å². The molecule has 5 nitrogen and oxygen atoms in total. The van der Waals surface area contributed by atoms with Crippen molar-refractivity contribution in [2.45, 2.75) is 6.42 Å². The molecule has 1 aliphatic heterocycles. The number of nitrogens with one attached hydrogen (secondary N) is 1. The summed E-state index contributed by atoms with van der Waals surface area (Å²) in [6.07, 6.45) is 6.13. The van der Waals surface area contributed by atoms with Crippen LogP contribution in [0.3, 0.4) is 0 Å². The van der Waals surface area contributed by atoms with Crippen LogP contribution >= 0.6 is 0 Å². The van der Waals surface area contributed by atoms with Gasteiger partial charge in [-0.3, -0.25) is 4.79 Å². The predicted octanol–water partition coefficient (Wildman–Crippen LogP) is 3.41. The first-order valence-corrected chi connectivity index (χ1v) is 9.17. The fourth-order valence-electron chi connectivity index (χ4n) is 3.45. The van der Waals surface area contributed by atoms with E-state index in [0.29, 0.717) is 24.3 Å². The zero-order chi connectivity index (χ0) is 19.5. The Morgan fingerprint density at radius 2 is 1.89 bits per heavy atom. The van der Waals surface area contributed by atoms with E-state index in [1.165, 1.54) is 6.07 Å². The molecule has 0 spiro atoms. The molecule has 144 valence electrons. The Balaban J connectivity index is 1.31. The van der Waals surface area contributed by atoms with Gasteiger partial charge in [0.05, 0.1) is 6.33 Å². The molecule has 0 aliphatic carbocycles. The average molecular weight is 382 g/mol. The molecule has 1 saturated heterocycles. The summed E-state index contributed by atoms with van der Waals surface area (Å²) >= 11 is 0. The summed E-state index contributed by atoms with van der Waals surface area (Å²) in [7, 11) is 0. The highest BCUT2D eigenvalue weighted by Gasteiger charge is 2.24. The van der Waals surface area contributed by atoms with Gasteiger partial charge in [0.25, 0.3) is 5.91 Å². The highest BCUT2D eigenvalue weighted by atomic mass is 19.2. The molecule has 0 radical (unpaired) electrons. The number of carbonyl (C=O) groups excluding carboxylic acids is 1. The minimum absolute atomic E-state index is 0.122. The summed E-state index contributed by atoms with van der Waals surface area (Å²) in [5.41, 5.74) is 2.20. The second kappa shape index (κ2) is 7.80. The molecular weight excluding hydrogens is 362 g/mol. The molecule has 1 fully saturated rings. The zero-order valence-electron chi connectivity index (χ0n) is 15.2. The first-order valence-electron chi connectivity index (χ1n) is 9.17. The summed E-state index contributed by atoms with van der Waals surface area (Å²) in [5.74, 6) is -1.54. The van der Waals surface area contributed by atoms with E-state index in [2.05, 4.69) is 10.3 Å². The van der Waals surface area contributed by atoms with Crippen molar-refractivity contribution in [2.24, 2.45) is 5.92 Å². The van der Waals surface area contributed by atoms with Crippen LogP contribution in [0.2, 0.25) is 0 Å². The van der Waals surface area contributed by atoms with Gasteiger partial charge in [-0.25, -0.2) is 13.8 Å². The van der Waals surface area contributed by atoms with E-state index >= 15 is 0 Å². The van der Waals surface area contributed by atoms with Gasteiger partial charge >= 0.3 is 0 Å². The zero-order valence-corrected chi connectivity index (χ0v) is 15.2. The van der Waals surface area contributed by atoms with Gasteiger partial charge in [0.1, 0.15) is 0 Å². The van der Waals surface area contributed by atoms with Crippen LogP contribution in [-0.2, 0) is 0 Å². The third kappa shape index (κ3) is 3.88. The van der Waals surface area contributed by atoms with Crippen LogP contribution in [0.1, 0.15) is 16.8 Å². The lowest BCUT2D eigenvalue weighted by Gasteiger charge is -2.19. The SMILES string of the molecule is O=C(NC[C@H]1CCN(c2ccc(F)c(F)c2)C1)c1ccc(-n2ccnc2)cc1. The Hall–Kier alpha value is -3.22. The van der Waals surface area contributed by atoms with E-state index < -0.39 is 11.6 Å². The molecule has 0 unspecified atom stereocenters. The second-order valence-corrected chi connectivity index (χ2v) is 6.93. The largest absolute Gasteiger partial charge is 0.371 e. The summed E-state index contributed by atoms with van der Waals surface area (Å²) < 4.78 is 28.4. The smallest absolute Gasteiger partial charge is 0.251 e. The Labute approximate surface area is 161 Å². The van der Waals surface area contributed by atoms with Crippen LogP contribution in [0.5, 0.6) is 0 Å². The quantitative estimate of drug-likeness (QED) is 0.736. The average Bonchev–Trinajstić information content (AvgIpc) is 3.40. The predicted molar refractivity (Wildman–Crippen MR) is 103 cm³/mol. The van der Waals surface area contributed by atoms with E-state index in [1.54, 1.807) is 30.7 Å². The molecule has 0 bridgehead atoms. The topological polar surface area (TPSA) is 50.2 Å². The normalized spacial score (nSPS) is 16.4. The number of halogens is 2. The number of hydrogen-bond acceptors (Lipinski definition) is 3. The number of nitrogens with zero attached hydrogens (tertiary/aromatic N) is 3. The number of benzene rings is 2. The maximum Gasteiger partial charge on any atom is 0.251 e. The molecule has 28 heavy (non-hydrogen) atoms. The Kier molecular flexibility index (Phi) is 5.06. The summed E-state index contributed by atoms with van der Waals surface area (Å²) in [6.45, 7) is 2.00. The molecule has 2 heterocycles. The number of aromatic nitrogens is 2. The standard InChI is InChI=1S/C21H20F2N4O/c22-19-6-5-18(11-20(19)23)26-9-7-15(13-26)12-25-21(28)16-1-3-17(4-2-16)27-10-8-24-14-27/h1-6,8,10-11,14-15H,7,9,12-13H2,(H,25,28)/t15-/m1/s1. The molecular formula is C21H20F2N4O. The van der Waals surface area contributed by atoms with Crippen LogP contribution < -0.4 is 10.2 Å². The van der Waals surface area contributed by atoms with Crippen molar-refractivity contribution in [2.75, 3.05) is 24.5 Å². The van der Waals surface area contributed by atoms with Crippen molar-refractivity contribution < 1.29 is 13.6 Å². The van der Waals surface area contributed by atoms with E-state index in [-0.39, 0.29) is 11.8 Å². The molecule has 1 aromatic heterocycles. The van der Waals surface area contributed by atoms with Crippen molar-refractivity contribution in [1.82, 2.24) is 14.9 Å². The lowest BCUT2D eigenvalue weighted by Crippen LogP contribution is -2.31. The fraction of sp³-hybridized carbons (Fsp3) is 0.238. The fourth-order valence-corrected chi connectivity index (χ4v) is 3.45. The van der Waals surface area contributed by atoms with Gasteiger partial charge in [-0.1, -0.05) is 0 Å². The van der Waals surface area contributed by atoms with Gasteiger partial charge in [-0.05, 0) is 48.7 Å². The first kappa shape index (κ1) is 18.2. The van der Waals surface area contributed by atoms with Gasteiger partial charge in [-0.2, -0.15) is 0 Å². The van der Waals surface area contributed by atoms with Gasteiger partial charge in [0.15, 0.2) is 11.6 Å². The summed E-state index contributed by atoms with van der Waals surface area (Å²) in [5, 5.41) is 2.97. The highest BCUT2D eigenvalue weighted by Crippen LogP contribution is 2.25. The molecule has 1 amide bonds. The molecule has 1 aliphatic rings. The molecule has 1 N–H and O–H groups in total. The van der Waals surface area contributed by atoms with Crippen LogP contribution in [0.4, 0.5) is 14.5 Å². The first-order chi connectivity index (χ1) is 13.6. The van der Waals surface area contributed by atoms with Gasteiger partial charge in [-0.15, -0.1) is 0 Å². The molecule has 0 saturated carbocycles. The number of carbonyl (C=O) groups is 1. The Morgan fingerprint density at radius 3 is 2.61 bits per heavy atom. The van der Waals surface area contributed by atoms with Gasteiger partial charge < -0.3 is 14.8 Å². The molecule has 2 aromatic carbocycles. The van der Waals surface area contributed by atoms with Crippen molar-refractivity contribution >= 4 is 11.6 Å². The number of hydrogen-bond donors (Lipinski definition) is 1. The maximum atomic E-state index is 13.4. The van der Waals surface area contributed by atoms with Gasteiger partial charge in [0.2, 0.25) is 0 Å². The van der Waals surface area contributed by atoms with Crippen molar-refractivity contribution in [1.29, 1.82) is 0 Å². The lowest BCUT2D eigenvalue weighted by molar-refractivity contribution is 0.0948. The highest BCUT2D eigenvalue weighted by molar-refractivity contribution is 5.94. The third-order valence-corrected chi connectivity index (χ3v) is 5.04. The van der Waals surface area contributed by atoms with Gasteiger partial charge in [0, 0.05) is 55.0 Å². The number of rotatable bonds is 5. The van der Waals surface area contributed by atoms with E-state index in [0.717, 1.165) is 24.7 Å². The minimum Gasteiger partial charge on any atom is -0.371 e. The van der Waals surface area contributed by atoms with Crippen molar-refractivity contribution in [3.8, 4) is 5.69 Å². The number of imidazole rings is 1. The monoisotopic (exact) mass is 382 g/mol. The molecule has 4 rings (SSSR count). The van der Waals surface area contributed by atoms with Crippen molar-refractivity contribution in [3.05, 3.63) is 78.4 Å². The molecule has 7 heteroatoms. The minimum atomic E-state index is -0.842. The van der Waals surface area contributed by atoms with Crippen LogP contribution in [0.25, 0.3) is 5.69 Å². The van der Waals surface area contributed by atoms with E-state index in [9.17, 15) is 13.6 Å². The van der Waals surface area contributed by atoms with Crippen LogP contribution in [0, 0.1) is 17.6 Å². The molecule has 1 atom stereocenters. The summed E-state index contributed by atoms with van der Waals surface area (Å²) in [6, 6.07) is 11.3. The van der Waals surface area contributed by atoms with Crippen LogP contribution in [-0.4, -0.2) is 35.1 Å². The van der Waals surface area contributed by atoms with E-state index in [4.69, 9.17) is 0 Å².